The van der Waals surface area contributed by atoms with Gasteiger partial charge < -0.3 is 23.9 Å². The summed E-state index contributed by atoms with van der Waals surface area (Å²) >= 11 is 1.22. The zero-order valence-electron chi connectivity index (χ0n) is 18.1. The Morgan fingerprint density at radius 1 is 1.13 bits per heavy atom. The molecule has 30 heavy (non-hydrogen) atoms. The number of nitrogens with one attached hydrogen (secondary N) is 1. The predicted molar refractivity (Wildman–Crippen MR) is 114 cm³/mol. The zero-order chi connectivity index (χ0) is 21.7. The molecular formula is C21H29N3O5S. The predicted octanol–water partition coefficient (Wildman–Crippen LogP) is 3.80. The molecule has 9 heteroatoms. The molecule has 0 unspecified atom stereocenters. The van der Waals surface area contributed by atoms with Crippen molar-refractivity contribution in [3.05, 3.63) is 12.1 Å². The average molecular weight is 436 g/mol. The Morgan fingerprint density at radius 2 is 1.83 bits per heavy atom. The summed E-state index contributed by atoms with van der Waals surface area (Å²) in [6.45, 7) is 4.46. The second kappa shape index (κ2) is 10.1. The summed E-state index contributed by atoms with van der Waals surface area (Å²) in [4.78, 5) is 12.4. The van der Waals surface area contributed by atoms with Gasteiger partial charge >= 0.3 is 0 Å². The third kappa shape index (κ3) is 5.00. The lowest BCUT2D eigenvalue weighted by Gasteiger charge is -2.34. The van der Waals surface area contributed by atoms with Crippen LogP contribution in [0.3, 0.4) is 0 Å². The second-order valence-corrected chi connectivity index (χ2v) is 8.44. The van der Waals surface area contributed by atoms with E-state index in [0.717, 1.165) is 12.8 Å². The molecule has 0 radical (unpaired) electrons. The van der Waals surface area contributed by atoms with Gasteiger partial charge in [0.15, 0.2) is 11.5 Å². The van der Waals surface area contributed by atoms with E-state index in [9.17, 15) is 4.79 Å². The Morgan fingerprint density at radius 3 is 2.47 bits per heavy atom. The largest absolute Gasteiger partial charge is 0.493 e. The number of thioether (sulfide) groups is 1. The van der Waals surface area contributed by atoms with Gasteiger partial charge in [-0.3, -0.25) is 4.79 Å². The third-order valence-electron chi connectivity index (χ3n) is 5.70. The van der Waals surface area contributed by atoms with Crippen molar-refractivity contribution in [1.82, 2.24) is 15.5 Å². The fraction of sp³-hybridized carbons (Fsp3) is 0.571. The van der Waals surface area contributed by atoms with Crippen LogP contribution in [0.1, 0.15) is 33.1 Å². The van der Waals surface area contributed by atoms with E-state index < -0.39 is 0 Å². The number of amides is 1. The standard InChI is InChI=1S/C21H29N3O5S/c1-12-7-6-8-15(13(12)2)22-18(25)11-30-21-24-23-20(29-21)14-9-16(26-3)19(28-5)17(10-14)27-4/h9-10,12-13,15H,6-8,11H2,1-5H3,(H,22,25)/t12-,13+,15-/m1/s1. The van der Waals surface area contributed by atoms with Crippen LogP contribution in [0.5, 0.6) is 17.2 Å². The molecule has 1 saturated carbocycles. The zero-order valence-corrected chi connectivity index (χ0v) is 18.9. The lowest BCUT2D eigenvalue weighted by molar-refractivity contribution is -0.120. The van der Waals surface area contributed by atoms with Gasteiger partial charge in [0.2, 0.25) is 17.5 Å². The van der Waals surface area contributed by atoms with Gasteiger partial charge in [-0.15, -0.1) is 10.2 Å². The fourth-order valence-corrected chi connectivity index (χ4v) is 4.33. The smallest absolute Gasteiger partial charge is 0.277 e. The van der Waals surface area contributed by atoms with E-state index in [4.69, 9.17) is 18.6 Å². The quantitative estimate of drug-likeness (QED) is 0.626. The molecule has 1 aromatic heterocycles. The molecule has 1 amide bonds. The first-order chi connectivity index (χ1) is 14.5. The molecular weight excluding hydrogens is 406 g/mol. The van der Waals surface area contributed by atoms with Crippen molar-refractivity contribution in [2.45, 2.75) is 44.4 Å². The molecule has 8 nitrogen and oxygen atoms in total. The normalized spacial score (nSPS) is 21.2. The Balaban J connectivity index is 1.63. The number of rotatable bonds is 8. The van der Waals surface area contributed by atoms with E-state index in [0.29, 0.717) is 45.8 Å². The second-order valence-electron chi connectivity index (χ2n) is 7.52. The molecule has 0 aliphatic heterocycles. The van der Waals surface area contributed by atoms with Crippen LogP contribution in [0.25, 0.3) is 11.5 Å². The first-order valence-corrected chi connectivity index (χ1v) is 11.0. The van der Waals surface area contributed by atoms with Crippen molar-refractivity contribution in [1.29, 1.82) is 0 Å². The van der Waals surface area contributed by atoms with E-state index >= 15 is 0 Å². The summed E-state index contributed by atoms with van der Waals surface area (Å²) in [5.41, 5.74) is 0.637. The lowest BCUT2D eigenvalue weighted by Crippen LogP contribution is -2.44. The summed E-state index contributed by atoms with van der Waals surface area (Å²) in [6, 6.07) is 3.71. The van der Waals surface area contributed by atoms with Gasteiger partial charge in [0.25, 0.3) is 5.22 Å². The molecule has 1 aliphatic carbocycles. The molecule has 1 fully saturated rings. The molecule has 1 heterocycles. The minimum Gasteiger partial charge on any atom is -0.493 e. The monoisotopic (exact) mass is 435 g/mol. The number of nitrogens with zero attached hydrogens (tertiary/aromatic N) is 2. The molecule has 2 aromatic rings. The maximum absolute atomic E-state index is 12.4. The number of aromatic nitrogens is 2. The molecule has 0 saturated heterocycles. The van der Waals surface area contributed by atoms with Crippen molar-refractivity contribution < 1.29 is 23.4 Å². The van der Waals surface area contributed by atoms with Crippen LogP contribution in [-0.2, 0) is 4.79 Å². The van der Waals surface area contributed by atoms with Crippen LogP contribution in [0.4, 0.5) is 0 Å². The Labute approximate surface area is 181 Å². The van der Waals surface area contributed by atoms with Crippen LogP contribution in [-0.4, -0.2) is 49.2 Å². The van der Waals surface area contributed by atoms with Crippen LogP contribution in [0, 0.1) is 11.8 Å². The number of methoxy groups -OCH3 is 3. The summed E-state index contributed by atoms with van der Waals surface area (Å²) in [5.74, 6) is 3.13. The summed E-state index contributed by atoms with van der Waals surface area (Å²) in [6.07, 6.45) is 3.42. The average Bonchev–Trinajstić information content (AvgIpc) is 3.23. The topological polar surface area (TPSA) is 95.7 Å². The van der Waals surface area contributed by atoms with Crippen molar-refractivity contribution in [3.8, 4) is 28.7 Å². The van der Waals surface area contributed by atoms with E-state index in [1.54, 1.807) is 33.5 Å². The van der Waals surface area contributed by atoms with Crippen molar-refractivity contribution in [2.24, 2.45) is 11.8 Å². The van der Waals surface area contributed by atoms with Gasteiger partial charge in [0.05, 0.1) is 27.1 Å². The molecule has 0 spiro atoms. The number of carbonyl (C=O) groups is 1. The third-order valence-corrected chi connectivity index (χ3v) is 6.52. The highest BCUT2D eigenvalue weighted by Gasteiger charge is 2.28. The Kier molecular flexibility index (Phi) is 7.47. The van der Waals surface area contributed by atoms with Crippen LogP contribution < -0.4 is 19.5 Å². The summed E-state index contributed by atoms with van der Waals surface area (Å²) < 4.78 is 21.8. The van der Waals surface area contributed by atoms with Crippen molar-refractivity contribution in [2.75, 3.05) is 27.1 Å². The highest BCUT2D eigenvalue weighted by Crippen LogP contribution is 2.41. The van der Waals surface area contributed by atoms with E-state index in [1.807, 2.05) is 0 Å². The Bertz CT molecular complexity index is 847. The fourth-order valence-electron chi connectivity index (χ4n) is 3.75. The highest BCUT2D eigenvalue weighted by atomic mass is 32.2. The Hall–Kier alpha value is -2.42. The number of ether oxygens (including phenoxy) is 3. The van der Waals surface area contributed by atoms with Gasteiger partial charge in [0.1, 0.15) is 0 Å². The van der Waals surface area contributed by atoms with Gasteiger partial charge in [0, 0.05) is 11.6 Å². The van der Waals surface area contributed by atoms with Gasteiger partial charge in [-0.1, -0.05) is 38.5 Å². The molecule has 1 aromatic carbocycles. The minimum atomic E-state index is -0.0153. The van der Waals surface area contributed by atoms with Gasteiger partial charge in [-0.25, -0.2) is 0 Å². The van der Waals surface area contributed by atoms with Crippen LogP contribution >= 0.6 is 11.8 Å². The van der Waals surface area contributed by atoms with Gasteiger partial charge in [-0.05, 0) is 30.4 Å². The van der Waals surface area contributed by atoms with E-state index in [1.165, 1.54) is 18.2 Å². The van der Waals surface area contributed by atoms with Crippen LogP contribution in [0.2, 0.25) is 0 Å². The summed E-state index contributed by atoms with van der Waals surface area (Å²) in [5, 5.41) is 11.6. The molecule has 1 aliphatic rings. The van der Waals surface area contributed by atoms with Crippen molar-refractivity contribution >= 4 is 17.7 Å². The number of hydrogen-bond donors (Lipinski definition) is 1. The minimum absolute atomic E-state index is 0.0153. The maximum atomic E-state index is 12.4. The molecule has 0 bridgehead atoms. The van der Waals surface area contributed by atoms with E-state index in [2.05, 4.69) is 29.4 Å². The molecule has 3 rings (SSSR count). The summed E-state index contributed by atoms with van der Waals surface area (Å²) in [7, 11) is 4.63. The number of carbonyl (C=O) groups excluding carboxylic acids is 1. The van der Waals surface area contributed by atoms with E-state index in [-0.39, 0.29) is 17.7 Å². The van der Waals surface area contributed by atoms with Crippen LogP contribution in [0.15, 0.2) is 21.8 Å². The first kappa shape index (κ1) is 22.3. The number of hydrogen-bond acceptors (Lipinski definition) is 8. The SMILES string of the molecule is COc1cc(-c2nnc(SCC(=O)N[C@@H]3CCC[C@@H](C)[C@@H]3C)o2)cc(OC)c1OC. The molecule has 1 N–H and O–H groups in total. The number of benzene rings is 1. The lowest BCUT2D eigenvalue weighted by atomic mass is 9.78. The highest BCUT2D eigenvalue weighted by molar-refractivity contribution is 7.99. The molecule has 3 atom stereocenters. The first-order valence-electron chi connectivity index (χ1n) is 10.0. The van der Waals surface area contributed by atoms with Gasteiger partial charge in [-0.2, -0.15) is 0 Å². The molecule has 164 valence electrons. The van der Waals surface area contributed by atoms with Crippen molar-refractivity contribution in [3.63, 3.8) is 0 Å². The maximum Gasteiger partial charge on any atom is 0.277 e.